The van der Waals surface area contributed by atoms with E-state index < -0.39 is 12.7 Å². The van der Waals surface area contributed by atoms with Crippen LogP contribution < -0.4 is 5.32 Å². The van der Waals surface area contributed by atoms with Gasteiger partial charge in [0.2, 0.25) is 11.8 Å². The molecule has 0 radical (unpaired) electrons. The van der Waals surface area contributed by atoms with E-state index in [0.717, 1.165) is 5.56 Å². The zero-order chi connectivity index (χ0) is 22.1. The third-order valence-electron chi connectivity index (χ3n) is 5.04. The van der Waals surface area contributed by atoms with E-state index in [0.29, 0.717) is 44.7 Å². The molecule has 0 unspecified atom stereocenters. The third-order valence-corrected chi connectivity index (χ3v) is 5.04. The van der Waals surface area contributed by atoms with E-state index in [4.69, 9.17) is 0 Å². The largest absolute Gasteiger partial charge is 0.401 e. The molecule has 1 saturated heterocycles. The van der Waals surface area contributed by atoms with Crippen LogP contribution in [0.15, 0.2) is 24.3 Å². The summed E-state index contributed by atoms with van der Waals surface area (Å²) < 4.78 is 37.9. The molecule has 6 nitrogen and oxygen atoms in total. The standard InChI is InChI=1S/C21H31F3N4O2/c1-3-9-28(14-19(29)25-18-8-5-4-7-17(18)2)20(30)15-26-10-6-11-27(13-12-26)16-21(22,23)24/h4-5,7-8H,3,6,9-16H2,1-2H3,(H,25,29). The molecule has 1 fully saturated rings. The van der Waals surface area contributed by atoms with E-state index >= 15 is 0 Å². The van der Waals surface area contributed by atoms with Crippen LogP contribution in [-0.2, 0) is 9.59 Å². The average Bonchev–Trinajstić information content (AvgIpc) is 2.87. The maximum atomic E-state index is 12.8. The summed E-state index contributed by atoms with van der Waals surface area (Å²) >= 11 is 0. The predicted molar refractivity (Wildman–Crippen MR) is 110 cm³/mol. The van der Waals surface area contributed by atoms with Gasteiger partial charge >= 0.3 is 6.18 Å². The van der Waals surface area contributed by atoms with E-state index in [1.165, 1.54) is 9.80 Å². The highest BCUT2D eigenvalue weighted by Gasteiger charge is 2.31. The van der Waals surface area contributed by atoms with E-state index in [-0.39, 0.29) is 31.4 Å². The summed E-state index contributed by atoms with van der Waals surface area (Å²) in [6.45, 7) is 5.02. The number of para-hydroxylation sites is 1. The molecule has 1 aromatic rings. The summed E-state index contributed by atoms with van der Waals surface area (Å²) in [4.78, 5) is 30.0. The average molecular weight is 428 g/mol. The molecular weight excluding hydrogens is 397 g/mol. The van der Waals surface area contributed by atoms with Gasteiger partial charge in [-0.2, -0.15) is 13.2 Å². The number of alkyl halides is 3. The fourth-order valence-corrected chi connectivity index (χ4v) is 3.52. The monoisotopic (exact) mass is 428 g/mol. The minimum Gasteiger partial charge on any atom is -0.332 e. The van der Waals surface area contributed by atoms with Crippen molar-refractivity contribution in [2.24, 2.45) is 0 Å². The van der Waals surface area contributed by atoms with Gasteiger partial charge in [0.15, 0.2) is 0 Å². The molecule has 0 aliphatic carbocycles. The number of carbonyl (C=O) groups is 2. The summed E-state index contributed by atoms with van der Waals surface area (Å²) in [7, 11) is 0. The Hall–Kier alpha value is -2.13. The molecule has 0 aromatic heterocycles. The van der Waals surface area contributed by atoms with Crippen LogP contribution in [0, 0.1) is 6.92 Å². The molecule has 0 saturated carbocycles. The molecular formula is C21H31F3N4O2. The lowest BCUT2D eigenvalue weighted by atomic mass is 10.2. The number of rotatable bonds is 8. The van der Waals surface area contributed by atoms with Gasteiger partial charge in [-0.25, -0.2) is 0 Å². The molecule has 1 aromatic carbocycles. The molecule has 2 rings (SSSR count). The maximum absolute atomic E-state index is 12.8. The molecule has 168 valence electrons. The molecule has 1 aliphatic heterocycles. The molecule has 9 heteroatoms. The first kappa shape index (κ1) is 24.1. The predicted octanol–water partition coefficient (Wildman–Crippen LogP) is 2.74. The second-order valence-corrected chi connectivity index (χ2v) is 7.70. The SMILES string of the molecule is CCCN(CC(=O)Nc1ccccc1C)C(=O)CN1CCCN(CC(F)(F)F)CC1. The second kappa shape index (κ2) is 11.3. The summed E-state index contributed by atoms with van der Waals surface area (Å²) in [5.41, 5.74) is 1.65. The van der Waals surface area contributed by atoms with E-state index in [1.54, 1.807) is 0 Å². The van der Waals surface area contributed by atoms with Crippen LogP contribution in [0.1, 0.15) is 25.3 Å². The minimum atomic E-state index is -4.21. The van der Waals surface area contributed by atoms with Crippen molar-refractivity contribution in [3.63, 3.8) is 0 Å². The van der Waals surface area contributed by atoms with Crippen LogP contribution in [0.5, 0.6) is 0 Å². The number of halogens is 3. The highest BCUT2D eigenvalue weighted by Crippen LogP contribution is 2.18. The molecule has 0 spiro atoms. The Kier molecular flexibility index (Phi) is 9.10. The number of carbonyl (C=O) groups excluding carboxylic acids is 2. The quantitative estimate of drug-likeness (QED) is 0.692. The number of amides is 2. The number of hydrogen-bond donors (Lipinski definition) is 1. The minimum absolute atomic E-state index is 0.0466. The Morgan fingerprint density at radius 3 is 2.43 bits per heavy atom. The van der Waals surface area contributed by atoms with Crippen molar-refractivity contribution < 1.29 is 22.8 Å². The summed E-state index contributed by atoms with van der Waals surface area (Å²) in [6, 6.07) is 7.42. The van der Waals surface area contributed by atoms with Gasteiger partial charge in [0.1, 0.15) is 0 Å². The number of aryl methyl sites for hydroxylation is 1. The molecule has 0 atom stereocenters. The summed E-state index contributed by atoms with van der Waals surface area (Å²) in [5.74, 6) is -0.445. The van der Waals surface area contributed by atoms with Crippen LogP contribution in [-0.4, -0.2) is 85.0 Å². The van der Waals surface area contributed by atoms with E-state index in [1.807, 2.05) is 43.0 Å². The number of nitrogens with one attached hydrogen (secondary N) is 1. The summed E-state index contributed by atoms with van der Waals surface area (Å²) in [5, 5.41) is 2.84. The zero-order valence-corrected chi connectivity index (χ0v) is 17.7. The highest BCUT2D eigenvalue weighted by atomic mass is 19.4. The number of nitrogens with zero attached hydrogens (tertiary/aromatic N) is 3. The van der Waals surface area contributed by atoms with Gasteiger partial charge in [0, 0.05) is 25.3 Å². The van der Waals surface area contributed by atoms with Crippen LogP contribution in [0.3, 0.4) is 0 Å². The Bertz CT molecular complexity index is 712. The van der Waals surface area contributed by atoms with Crippen molar-refractivity contribution in [1.29, 1.82) is 0 Å². The lowest BCUT2D eigenvalue weighted by Crippen LogP contribution is -2.45. The lowest BCUT2D eigenvalue weighted by Gasteiger charge is -2.26. The lowest BCUT2D eigenvalue weighted by molar-refractivity contribution is -0.145. The van der Waals surface area contributed by atoms with Gasteiger partial charge in [-0.05, 0) is 44.5 Å². The van der Waals surface area contributed by atoms with Crippen molar-refractivity contribution >= 4 is 17.5 Å². The smallest absolute Gasteiger partial charge is 0.332 e. The first-order valence-electron chi connectivity index (χ1n) is 10.3. The van der Waals surface area contributed by atoms with Gasteiger partial charge in [0.05, 0.1) is 19.6 Å². The van der Waals surface area contributed by atoms with Crippen LogP contribution in [0.2, 0.25) is 0 Å². The second-order valence-electron chi connectivity index (χ2n) is 7.70. The fraction of sp³-hybridized carbons (Fsp3) is 0.619. The molecule has 0 bridgehead atoms. The Morgan fingerprint density at radius 2 is 1.77 bits per heavy atom. The van der Waals surface area contributed by atoms with Crippen molar-refractivity contribution in [1.82, 2.24) is 14.7 Å². The summed E-state index contributed by atoms with van der Waals surface area (Å²) in [6.07, 6.45) is -2.93. The normalized spacial score (nSPS) is 16.2. The zero-order valence-electron chi connectivity index (χ0n) is 17.7. The van der Waals surface area contributed by atoms with Crippen molar-refractivity contribution in [3.8, 4) is 0 Å². The van der Waals surface area contributed by atoms with E-state index in [2.05, 4.69) is 5.32 Å². The van der Waals surface area contributed by atoms with Crippen molar-refractivity contribution in [2.75, 3.05) is 57.7 Å². The number of hydrogen-bond acceptors (Lipinski definition) is 4. The molecule has 1 N–H and O–H groups in total. The van der Waals surface area contributed by atoms with Crippen LogP contribution in [0.25, 0.3) is 0 Å². The third kappa shape index (κ3) is 8.31. The molecule has 1 aliphatic rings. The number of anilines is 1. The van der Waals surface area contributed by atoms with Crippen LogP contribution >= 0.6 is 0 Å². The Labute approximate surface area is 176 Å². The molecule has 1 heterocycles. The van der Waals surface area contributed by atoms with Crippen molar-refractivity contribution in [2.45, 2.75) is 32.9 Å². The highest BCUT2D eigenvalue weighted by molar-refractivity contribution is 5.95. The van der Waals surface area contributed by atoms with Gasteiger partial charge in [0.25, 0.3) is 0 Å². The number of benzene rings is 1. The first-order chi connectivity index (χ1) is 14.2. The first-order valence-corrected chi connectivity index (χ1v) is 10.3. The van der Waals surface area contributed by atoms with Gasteiger partial charge < -0.3 is 10.2 Å². The van der Waals surface area contributed by atoms with E-state index in [9.17, 15) is 22.8 Å². The fourth-order valence-electron chi connectivity index (χ4n) is 3.52. The Morgan fingerprint density at radius 1 is 1.10 bits per heavy atom. The molecule has 30 heavy (non-hydrogen) atoms. The topological polar surface area (TPSA) is 55.9 Å². The van der Waals surface area contributed by atoms with Crippen molar-refractivity contribution in [3.05, 3.63) is 29.8 Å². The van der Waals surface area contributed by atoms with Gasteiger partial charge in [-0.1, -0.05) is 25.1 Å². The van der Waals surface area contributed by atoms with Gasteiger partial charge in [-0.3, -0.25) is 19.4 Å². The van der Waals surface area contributed by atoms with Crippen LogP contribution in [0.4, 0.5) is 18.9 Å². The molecule has 2 amide bonds. The maximum Gasteiger partial charge on any atom is 0.401 e. The Balaban J connectivity index is 1.88. The van der Waals surface area contributed by atoms with Gasteiger partial charge in [-0.15, -0.1) is 0 Å².